The molecule has 0 spiro atoms. The minimum Gasteiger partial charge on any atom is -0.459 e. The van der Waals surface area contributed by atoms with Crippen LogP contribution in [-0.4, -0.2) is 35.4 Å². The van der Waals surface area contributed by atoms with Crippen LogP contribution < -0.4 is 11.1 Å². The highest BCUT2D eigenvalue weighted by Gasteiger charge is 2.25. The minimum absolute atomic E-state index is 0.155. The summed E-state index contributed by atoms with van der Waals surface area (Å²) in [5, 5.41) is 3.99. The van der Waals surface area contributed by atoms with E-state index in [1.807, 2.05) is 18.3 Å². The maximum absolute atomic E-state index is 11.8. The molecule has 1 aliphatic heterocycles. The average molecular weight is 407 g/mol. The number of aromatic nitrogens is 1. The summed E-state index contributed by atoms with van der Waals surface area (Å²) in [6.45, 7) is 6.09. The molecule has 3 N–H and O–H groups in total. The number of pyridine rings is 1. The van der Waals surface area contributed by atoms with Gasteiger partial charge in [-0.25, -0.2) is 4.98 Å². The Morgan fingerprint density at radius 3 is 2.93 bits per heavy atom. The molecule has 3 aromatic rings. The second kappa shape index (κ2) is 8.58. The zero-order valence-corrected chi connectivity index (χ0v) is 17.9. The summed E-state index contributed by atoms with van der Waals surface area (Å²) >= 11 is 0. The summed E-state index contributed by atoms with van der Waals surface area (Å²) in [6.07, 6.45) is 4.51. The summed E-state index contributed by atoms with van der Waals surface area (Å²) in [5.41, 5.74) is 10.3. The van der Waals surface area contributed by atoms with Gasteiger partial charge in [0.1, 0.15) is 17.2 Å². The molecule has 0 bridgehead atoms. The van der Waals surface area contributed by atoms with Crippen molar-refractivity contribution in [3.8, 4) is 0 Å². The van der Waals surface area contributed by atoms with Gasteiger partial charge in [-0.05, 0) is 62.0 Å². The lowest BCUT2D eigenvalue weighted by atomic mass is 9.91. The van der Waals surface area contributed by atoms with E-state index in [0.29, 0.717) is 18.2 Å². The van der Waals surface area contributed by atoms with Crippen LogP contribution in [0, 0.1) is 6.92 Å². The fourth-order valence-electron chi connectivity index (χ4n) is 4.24. The van der Waals surface area contributed by atoms with Crippen LogP contribution in [0.25, 0.3) is 11.0 Å². The molecule has 2 unspecified atom stereocenters. The van der Waals surface area contributed by atoms with E-state index in [0.717, 1.165) is 42.8 Å². The molecule has 3 heterocycles. The molecular formula is C24H30N4O2. The highest BCUT2D eigenvalue weighted by molar-refractivity contribution is 5.96. The Balaban J connectivity index is 1.41. The van der Waals surface area contributed by atoms with E-state index in [4.69, 9.17) is 10.2 Å². The first-order valence-corrected chi connectivity index (χ1v) is 10.7. The normalized spacial score (nSPS) is 17.2. The number of rotatable bonds is 7. The minimum atomic E-state index is -0.493. The second-order valence-electron chi connectivity index (χ2n) is 8.35. The molecule has 2 atom stereocenters. The number of hydrogen-bond donors (Lipinski definition) is 2. The molecule has 6 heteroatoms. The summed E-state index contributed by atoms with van der Waals surface area (Å²) in [7, 11) is 2.14. The highest BCUT2D eigenvalue weighted by atomic mass is 16.3. The van der Waals surface area contributed by atoms with Gasteiger partial charge >= 0.3 is 0 Å². The van der Waals surface area contributed by atoms with Crippen LogP contribution in [0.4, 0.5) is 5.82 Å². The fraction of sp³-hybridized carbons (Fsp3) is 0.417. The molecule has 0 radical (unpaired) electrons. The lowest BCUT2D eigenvalue weighted by molar-refractivity contribution is -0.117. The van der Waals surface area contributed by atoms with E-state index in [-0.39, 0.29) is 5.91 Å². The highest BCUT2D eigenvalue weighted by Crippen LogP contribution is 2.29. The molecule has 0 aliphatic carbocycles. The number of carbonyl (C=O) groups excluding carboxylic acids is 1. The van der Waals surface area contributed by atoms with E-state index in [1.165, 1.54) is 16.5 Å². The van der Waals surface area contributed by atoms with Gasteiger partial charge in [-0.15, -0.1) is 0 Å². The van der Waals surface area contributed by atoms with Gasteiger partial charge in [0.15, 0.2) is 0 Å². The standard InChI is InChI=1S/C24H30N4O2/c1-4-16(18-11-17-12-20(25)24(29)27-23(17)26-13-18)9-10-28(3)14-22-15(2)19-7-5-6-8-21(19)30-22/h5-8,11,13,16,20H,4,9-10,12,14,25H2,1-3H3,(H,26,27,29). The SMILES string of the molecule is CCC(CCN(C)Cc1oc2ccccc2c1C)c1cnc2c(c1)CC(N)C(=O)N2. The zero-order valence-electron chi connectivity index (χ0n) is 17.9. The number of nitrogens with zero attached hydrogens (tertiary/aromatic N) is 2. The van der Waals surface area contributed by atoms with Crippen molar-refractivity contribution in [3.05, 3.63) is 59.0 Å². The van der Waals surface area contributed by atoms with Crippen molar-refractivity contribution in [2.24, 2.45) is 5.73 Å². The van der Waals surface area contributed by atoms with Crippen molar-refractivity contribution in [2.75, 3.05) is 18.9 Å². The van der Waals surface area contributed by atoms with Gasteiger partial charge in [0.25, 0.3) is 0 Å². The first kappa shape index (κ1) is 20.6. The summed E-state index contributed by atoms with van der Waals surface area (Å²) in [6, 6.07) is 9.87. The molecule has 1 aromatic carbocycles. The number of furan rings is 1. The summed E-state index contributed by atoms with van der Waals surface area (Å²) < 4.78 is 6.07. The van der Waals surface area contributed by atoms with Gasteiger partial charge in [-0.2, -0.15) is 0 Å². The van der Waals surface area contributed by atoms with Gasteiger partial charge in [-0.1, -0.05) is 31.2 Å². The third kappa shape index (κ3) is 4.11. The van der Waals surface area contributed by atoms with Crippen LogP contribution in [0.3, 0.4) is 0 Å². The number of anilines is 1. The van der Waals surface area contributed by atoms with Crippen LogP contribution >= 0.6 is 0 Å². The molecule has 158 valence electrons. The zero-order chi connectivity index (χ0) is 21.3. The number of hydrogen-bond acceptors (Lipinski definition) is 5. The Morgan fingerprint density at radius 2 is 2.17 bits per heavy atom. The van der Waals surface area contributed by atoms with Crippen molar-refractivity contribution in [1.82, 2.24) is 9.88 Å². The summed E-state index contributed by atoms with van der Waals surface area (Å²) in [4.78, 5) is 18.6. The van der Waals surface area contributed by atoms with Crippen molar-refractivity contribution < 1.29 is 9.21 Å². The Bertz CT molecular complexity index is 1060. The molecule has 2 aromatic heterocycles. The predicted molar refractivity (Wildman–Crippen MR) is 119 cm³/mol. The number of aryl methyl sites for hydroxylation is 1. The Morgan fingerprint density at radius 1 is 1.37 bits per heavy atom. The number of para-hydroxylation sites is 1. The molecule has 6 nitrogen and oxygen atoms in total. The van der Waals surface area contributed by atoms with E-state index < -0.39 is 6.04 Å². The predicted octanol–water partition coefficient (Wildman–Crippen LogP) is 3.97. The molecule has 4 rings (SSSR count). The third-order valence-corrected chi connectivity index (χ3v) is 6.19. The van der Waals surface area contributed by atoms with Gasteiger partial charge in [-0.3, -0.25) is 9.69 Å². The van der Waals surface area contributed by atoms with Crippen molar-refractivity contribution >= 4 is 22.7 Å². The quantitative estimate of drug-likeness (QED) is 0.620. The maximum Gasteiger partial charge on any atom is 0.242 e. The number of benzene rings is 1. The molecular weight excluding hydrogens is 376 g/mol. The van der Waals surface area contributed by atoms with E-state index in [9.17, 15) is 4.79 Å². The first-order valence-electron chi connectivity index (χ1n) is 10.7. The molecule has 0 fully saturated rings. The van der Waals surface area contributed by atoms with Crippen molar-refractivity contribution in [3.63, 3.8) is 0 Å². The fourth-order valence-corrected chi connectivity index (χ4v) is 4.24. The lowest BCUT2D eigenvalue weighted by Crippen LogP contribution is -2.41. The van der Waals surface area contributed by atoms with Crippen molar-refractivity contribution in [1.29, 1.82) is 0 Å². The van der Waals surface area contributed by atoms with Gasteiger partial charge < -0.3 is 15.5 Å². The molecule has 1 amide bonds. The topological polar surface area (TPSA) is 84.4 Å². The monoisotopic (exact) mass is 406 g/mol. The molecule has 0 saturated heterocycles. The Hall–Kier alpha value is -2.70. The number of fused-ring (bicyclic) bond motifs is 2. The largest absolute Gasteiger partial charge is 0.459 e. The Labute approximate surface area is 177 Å². The summed E-state index contributed by atoms with van der Waals surface area (Å²) in [5.74, 6) is 1.94. The number of carbonyl (C=O) groups is 1. The molecule has 1 aliphatic rings. The van der Waals surface area contributed by atoms with Crippen molar-refractivity contribution in [2.45, 2.75) is 51.6 Å². The first-order chi connectivity index (χ1) is 14.5. The number of nitrogens with two attached hydrogens (primary N) is 1. The van der Waals surface area contributed by atoms with Crippen LogP contribution in [0.2, 0.25) is 0 Å². The van der Waals surface area contributed by atoms with E-state index in [2.05, 4.69) is 54.3 Å². The number of amides is 1. The van der Waals surface area contributed by atoms with Gasteiger partial charge in [0.2, 0.25) is 5.91 Å². The van der Waals surface area contributed by atoms with Crippen LogP contribution in [0.15, 0.2) is 40.9 Å². The van der Waals surface area contributed by atoms with Crippen LogP contribution in [0.5, 0.6) is 0 Å². The van der Waals surface area contributed by atoms with E-state index in [1.54, 1.807) is 0 Å². The third-order valence-electron chi connectivity index (χ3n) is 6.19. The smallest absolute Gasteiger partial charge is 0.242 e. The average Bonchev–Trinajstić information content (AvgIpc) is 3.05. The van der Waals surface area contributed by atoms with Gasteiger partial charge in [0.05, 0.1) is 12.6 Å². The molecule has 0 saturated carbocycles. The van der Waals surface area contributed by atoms with E-state index >= 15 is 0 Å². The Kier molecular flexibility index (Phi) is 5.88. The molecule has 30 heavy (non-hydrogen) atoms. The van der Waals surface area contributed by atoms with Crippen LogP contribution in [0.1, 0.15) is 48.1 Å². The maximum atomic E-state index is 11.8. The number of nitrogens with one attached hydrogen (secondary N) is 1. The lowest BCUT2D eigenvalue weighted by Gasteiger charge is -2.24. The van der Waals surface area contributed by atoms with Gasteiger partial charge in [0, 0.05) is 18.0 Å². The van der Waals surface area contributed by atoms with Crippen LogP contribution in [-0.2, 0) is 17.8 Å². The second-order valence-corrected chi connectivity index (χ2v) is 8.35.